The highest BCUT2D eigenvalue weighted by molar-refractivity contribution is 5.63. The van der Waals surface area contributed by atoms with Crippen molar-refractivity contribution in [2.75, 3.05) is 37.8 Å². The van der Waals surface area contributed by atoms with Crippen molar-refractivity contribution in [1.29, 1.82) is 0 Å². The fourth-order valence-electron chi connectivity index (χ4n) is 2.81. The highest BCUT2D eigenvalue weighted by Crippen LogP contribution is 2.35. The van der Waals surface area contributed by atoms with E-state index in [1.54, 1.807) is 12.1 Å². The van der Waals surface area contributed by atoms with E-state index in [1.807, 2.05) is 0 Å². The molecule has 0 N–H and O–H groups in total. The van der Waals surface area contributed by atoms with Crippen LogP contribution in [0.2, 0.25) is 0 Å². The van der Waals surface area contributed by atoms with Gasteiger partial charge >= 0.3 is 0 Å². The zero-order valence-electron chi connectivity index (χ0n) is 11.3. The van der Waals surface area contributed by atoms with E-state index in [4.69, 9.17) is 9.47 Å². The van der Waals surface area contributed by atoms with Crippen molar-refractivity contribution in [2.45, 2.75) is 12.8 Å². The van der Waals surface area contributed by atoms with Gasteiger partial charge in [0.2, 0.25) is 0 Å². The molecular formula is C14H18N2O4. The minimum Gasteiger partial charge on any atom is -0.489 e. The molecule has 0 atom stereocenters. The van der Waals surface area contributed by atoms with Gasteiger partial charge in [0.05, 0.1) is 23.2 Å². The molecule has 1 fully saturated rings. The van der Waals surface area contributed by atoms with E-state index in [0.717, 1.165) is 44.8 Å². The number of ether oxygens (including phenoxy) is 2. The van der Waals surface area contributed by atoms with Gasteiger partial charge in [0.15, 0.2) is 0 Å². The molecule has 0 radical (unpaired) electrons. The van der Waals surface area contributed by atoms with Crippen LogP contribution in [0.4, 0.5) is 11.4 Å². The maximum Gasteiger partial charge on any atom is 0.273 e. The van der Waals surface area contributed by atoms with Gasteiger partial charge in [-0.15, -0.1) is 0 Å². The lowest BCUT2D eigenvalue weighted by atomic mass is 9.99. The van der Waals surface area contributed by atoms with Crippen molar-refractivity contribution in [1.82, 2.24) is 0 Å². The molecule has 2 heterocycles. The summed E-state index contributed by atoms with van der Waals surface area (Å²) >= 11 is 0. The van der Waals surface area contributed by atoms with Gasteiger partial charge in [0.1, 0.15) is 12.4 Å². The Kier molecular flexibility index (Phi) is 3.73. The SMILES string of the molecule is O=[N+]([O-])c1ccc2c(c1)OCCN2CC1CCOCC1. The van der Waals surface area contributed by atoms with E-state index in [2.05, 4.69) is 4.90 Å². The molecule has 2 aliphatic rings. The Labute approximate surface area is 117 Å². The normalized spacial score (nSPS) is 19.3. The highest BCUT2D eigenvalue weighted by atomic mass is 16.6. The van der Waals surface area contributed by atoms with Gasteiger partial charge in [0, 0.05) is 25.8 Å². The summed E-state index contributed by atoms with van der Waals surface area (Å²) in [7, 11) is 0. The molecule has 0 unspecified atom stereocenters. The molecule has 0 spiro atoms. The molecule has 3 rings (SSSR count). The molecular weight excluding hydrogens is 260 g/mol. The fraction of sp³-hybridized carbons (Fsp3) is 0.571. The number of anilines is 1. The zero-order valence-corrected chi connectivity index (χ0v) is 11.3. The molecule has 108 valence electrons. The summed E-state index contributed by atoms with van der Waals surface area (Å²) in [5.41, 5.74) is 1.05. The number of benzene rings is 1. The van der Waals surface area contributed by atoms with Crippen molar-refractivity contribution < 1.29 is 14.4 Å². The van der Waals surface area contributed by atoms with Gasteiger partial charge in [-0.2, -0.15) is 0 Å². The van der Waals surface area contributed by atoms with Gasteiger partial charge < -0.3 is 14.4 Å². The number of fused-ring (bicyclic) bond motifs is 1. The number of nitro benzene ring substituents is 1. The smallest absolute Gasteiger partial charge is 0.273 e. The monoisotopic (exact) mass is 278 g/mol. The topological polar surface area (TPSA) is 64.8 Å². The molecule has 0 saturated carbocycles. The minimum absolute atomic E-state index is 0.0802. The predicted molar refractivity (Wildman–Crippen MR) is 74.3 cm³/mol. The maximum atomic E-state index is 10.8. The van der Waals surface area contributed by atoms with Crippen LogP contribution in [0.15, 0.2) is 18.2 Å². The summed E-state index contributed by atoms with van der Waals surface area (Å²) in [5, 5.41) is 10.8. The number of nitrogens with zero attached hydrogens (tertiary/aromatic N) is 2. The van der Waals surface area contributed by atoms with Crippen LogP contribution in [-0.4, -0.2) is 37.8 Å². The van der Waals surface area contributed by atoms with Crippen LogP contribution < -0.4 is 9.64 Å². The average molecular weight is 278 g/mol. The van der Waals surface area contributed by atoms with Crippen LogP contribution in [0, 0.1) is 16.0 Å². The predicted octanol–water partition coefficient (Wildman–Crippen LogP) is 2.22. The molecule has 1 aromatic rings. The summed E-state index contributed by atoms with van der Waals surface area (Å²) in [5.74, 6) is 1.25. The molecule has 0 aromatic heterocycles. The van der Waals surface area contributed by atoms with Crippen molar-refractivity contribution in [3.05, 3.63) is 28.3 Å². The van der Waals surface area contributed by atoms with Crippen LogP contribution in [0.5, 0.6) is 5.75 Å². The number of nitro groups is 1. The lowest BCUT2D eigenvalue weighted by molar-refractivity contribution is -0.384. The van der Waals surface area contributed by atoms with Gasteiger partial charge in [-0.05, 0) is 24.8 Å². The second-order valence-electron chi connectivity index (χ2n) is 5.26. The summed E-state index contributed by atoms with van der Waals surface area (Å²) < 4.78 is 10.9. The van der Waals surface area contributed by atoms with Crippen molar-refractivity contribution in [2.24, 2.45) is 5.92 Å². The Morgan fingerprint density at radius 1 is 1.30 bits per heavy atom. The summed E-state index contributed by atoms with van der Waals surface area (Å²) in [6.45, 7) is 4.06. The fourth-order valence-corrected chi connectivity index (χ4v) is 2.81. The third-order valence-corrected chi connectivity index (χ3v) is 3.93. The van der Waals surface area contributed by atoms with E-state index in [9.17, 15) is 10.1 Å². The Morgan fingerprint density at radius 2 is 2.10 bits per heavy atom. The summed E-state index contributed by atoms with van der Waals surface area (Å²) in [4.78, 5) is 12.7. The van der Waals surface area contributed by atoms with Crippen molar-refractivity contribution in [3.63, 3.8) is 0 Å². The molecule has 6 heteroatoms. The van der Waals surface area contributed by atoms with Crippen LogP contribution in [-0.2, 0) is 4.74 Å². The van der Waals surface area contributed by atoms with Crippen molar-refractivity contribution >= 4 is 11.4 Å². The third kappa shape index (κ3) is 2.70. The van der Waals surface area contributed by atoms with Crippen LogP contribution >= 0.6 is 0 Å². The van der Waals surface area contributed by atoms with E-state index in [0.29, 0.717) is 18.3 Å². The third-order valence-electron chi connectivity index (χ3n) is 3.93. The molecule has 0 aliphatic carbocycles. The lowest BCUT2D eigenvalue weighted by Gasteiger charge is -2.35. The Morgan fingerprint density at radius 3 is 2.85 bits per heavy atom. The van der Waals surface area contributed by atoms with Crippen molar-refractivity contribution in [3.8, 4) is 5.75 Å². The molecule has 1 saturated heterocycles. The first-order chi connectivity index (χ1) is 9.74. The lowest BCUT2D eigenvalue weighted by Crippen LogP contribution is -2.38. The Hall–Kier alpha value is -1.82. The van der Waals surface area contributed by atoms with Gasteiger partial charge in [-0.3, -0.25) is 10.1 Å². The van der Waals surface area contributed by atoms with Crippen LogP contribution in [0.25, 0.3) is 0 Å². The molecule has 2 aliphatic heterocycles. The van der Waals surface area contributed by atoms with E-state index in [1.165, 1.54) is 6.07 Å². The first-order valence-corrected chi connectivity index (χ1v) is 6.98. The molecule has 20 heavy (non-hydrogen) atoms. The minimum atomic E-state index is -0.388. The largest absolute Gasteiger partial charge is 0.489 e. The van der Waals surface area contributed by atoms with Gasteiger partial charge in [-0.25, -0.2) is 0 Å². The number of hydrogen-bond donors (Lipinski definition) is 0. The molecule has 6 nitrogen and oxygen atoms in total. The molecule has 0 amide bonds. The quantitative estimate of drug-likeness (QED) is 0.626. The summed E-state index contributed by atoms with van der Waals surface area (Å²) in [6.07, 6.45) is 2.17. The molecule has 1 aromatic carbocycles. The highest BCUT2D eigenvalue weighted by Gasteiger charge is 2.24. The van der Waals surface area contributed by atoms with Crippen LogP contribution in [0.1, 0.15) is 12.8 Å². The second kappa shape index (κ2) is 5.66. The van der Waals surface area contributed by atoms with E-state index < -0.39 is 0 Å². The van der Waals surface area contributed by atoms with Gasteiger partial charge in [0.25, 0.3) is 5.69 Å². The molecule has 0 bridgehead atoms. The Bertz CT molecular complexity index is 500. The number of hydrogen-bond acceptors (Lipinski definition) is 5. The number of rotatable bonds is 3. The van der Waals surface area contributed by atoms with Crippen LogP contribution in [0.3, 0.4) is 0 Å². The van der Waals surface area contributed by atoms with E-state index >= 15 is 0 Å². The summed E-state index contributed by atoms with van der Waals surface area (Å²) in [6, 6.07) is 4.86. The Balaban J connectivity index is 1.77. The standard InChI is InChI=1S/C14H18N2O4/c17-16(18)12-1-2-13-14(9-12)20-8-5-15(13)10-11-3-6-19-7-4-11/h1-2,9,11H,3-8,10H2. The van der Waals surface area contributed by atoms with E-state index in [-0.39, 0.29) is 10.6 Å². The number of non-ortho nitro benzene ring substituents is 1. The first kappa shape index (κ1) is 13.2. The van der Waals surface area contributed by atoms with Gasteiger partial charge in [-0.1, -0.05) is 0 Å². The zero-order chi connectivity index (χ0) is 13.9. The first-order valence-electron chi connectivity index (χ1n) is 6.98. The maximum absolute atomic E-state index is 10.8. The average Bonchev–Trinajstić information content (AvgIpc) is 2.48. The second-order valence-corrected chi connectivity index (χ2v) is 5.26.